The Morgan fingerprint density at radius 2 is 1.76 bits per heavy atom. The SMILES string of the molecule is Cc1cc(C)nc(Nc2cccc(C(=O)NCCn3ccc4ccccc43)c2)n1. The van der Waals surface area contributed by atoms with E-state index in [0.29, 0.717) is 24.6 Å². The number of carbonyl (C=O) groups is 1. The number of hydrogen-bond donors (Lipinski definition) is 2. The van der Waals surface area contributed by atoms with E-state index in [9.17, 15) is 4.79 Å². The monoisotopic (exact) mass is 385 g/mol. The second-order valence-electron chi connectivity index (χ2n) is 7.00. The van der Waals surface area contributed by atoms with Crippen LogP contribution in [-0.2, 0) is 6.54 Å². The highest BCUT2D eigenvalue weighted by molar-refractivity contribution is 5.95. The average molecular weight is 385 g/mol. The van der Waals surface area contributed by atoms with Crippen molar-refractivity contribution in [2.24, 2.45) is 0 Å². The van der Waals surface area contributed by atoms with E-state index in [4.69, 9.17) is 0 Å². The lowest BCUT2D eigenvalue weighted by atomic mass is 10.2. The number of aryl methyl sites for hydroxylation is 2. The van der Waals surface area contributed by atoms with Gasteiger partial charge >= 0.3 is 0 Å². The van der Waals surface area contributed by atoms with Crippen molar-refractivity contribution in [3.63, 3.8) is 0 Å². The second kappa shape index (κ2) is 8.14. The first-order valence-corrected chi connectivity index (χ1v) is 9.60. The van der Waals surface area contributed by atoms with E-state index in [1.165, 1.54) is 10.9 Å². The van der Waals surface area contributed by atoms with Crippen LogP contribution in [0, 0.1) is 13.8 Å². The van der Waals surface area contributed by atoms with Gasteiger partial charge in [-0.05, 0) is 55.6 Å². The van der Waals surface area contributed by atoms with Crippen LogP contribution >= 0.6 is 0 Å². The number of rotatable bonds is 6. The van der Waals surface area contributed by atoms with Crippen LogP contribution in [0.4, 0.5) is 11.6 Å². The molecule has 4 aromatic rings. The summed E-state index contributed by atoms with van der Waals surface area (Å²) in [6.07, 6.45) is 2.05. The molecule has 6 nitrogen and oxygen atoms in total. The largest absolute Gasteiger partial charge is 0.350 e. The normalized spacial score (nSPS) is 10.8. The van der Waals surface area contributed by atoms with Crippen molar-refractivity contribution in [1.82, 2.24) is 19.9 Å². The molecule has 2 heterocycles. The Morgan fingerprint density at radius 1 is 0.966 bits per heavy atom. The zero-order chi connectivity index (χ0) is 20.2. The van der Waals surface area contributed by atoms with Gasteiger partial charge in [-0.25, -0.2) is 9.97 Å². The van der Waals surface area contributed by atoms with Crippen LogP contribution in [0.1, 0.15) is 21.7 Å². The molecule has 2 aromatic carbocycles. The lowest BCUT2D eigenvalue weighted by Gasteiger charge is -2.10. The Kier molecular flexibility index (Phi) is 5.24. The summed E-state index contributed by atoms with van der Waals surface area (Å²) in [4.78, 5) is 21.3. The van der Waals surface area contributed by atoms with Gasteiger partial charge in [0.1, 0.15) is 0 Å². The van der Waals surface area contributed by atoms with E-state index < -0.39 is 0 Å². The van der Waals surface area contributed by atoms with Gasteiger partial charge < -0.3 is 15.2 Å². The lowest BCUT2D eigenvalue weighted by molar-refractivity contribution is 0.0952. The third-order valence-corrected chi connectivity index (χ3v) is 4.68. The van der Waals surface area contributed by atoms with Gasteiger partial charge in [0.25, 0.3) is 5.91 Å². The molecule has 0 saturated heterocycles. The minimum absolute atomic E-state index is 0.105. The summed E-state index contributed by atoms with van der Waals surface area (Å²) < 4.78 is 2.14. The Balaban J connectivity index is 1.39. The van der Waals surface area contributed by atoms with E-state index in [0.717, 1.165) is 17.1 Å². The molecule has 0 atom stereocenters. The van der Waals surface area contributed by atoms with Gasteiger partial charge in [-0.15, -0.1) is 0 Å². The summed E-state index contributed by atoms with van der Waals surface area (Å²) in [5.74, 6) is 0.422. The summed E-state index contributed by atoms with van der Waals surface area (Å²) in [5.41, 5.74) is 4.33. The van der Waals surface area contributed by atoms with Crippen molar-refractivity contribution >= 4 is 28.4 Å². The number of benzene rings is 2. The van der Waals surface area contributed by atoms with Gasteiger partial charge in [-0.2, -0.15) is 0 Å². The molecule has 2 aromatic heterocycles. The van der Waals surface area contributed by atoms with Crippen LogP contribution < -0.4 is 10.6 Å². The van der Waals surface area contributed by atoms with Crippen LogP contribution in [0.3, 0.4) is 0 Å². The fourth-order valence-electron chi connectivity index (χ4n) is 3.38. The van der Waals surface area contributed by atoms with Crippen molar-refractivity contribution in [2.75, 3.05) is 11.9 Å². The third-order valence-electron chi connectivity index (χ3n) is 4.68. The van der Waals surface area contributed by atoms with Gasteiger partial charge in [0.15, 0.2) is 0 Å². The first-order chi connectivity index (χ1) is 14.1. The number of carbonyl (C=O) groups excluding carboxylic acids is 1. The number of para-hydroxylation sites is 1. The molecule has 2 N–H and O–H groups in total. The number of aromatic nitrogens is 3. The fraction of sp³-hybridized carbons (Fsp3) is 0.174. The molecule has 0 unspecified atom stereocenters. The molecule has 0 spiro atoms. The zero-order valence-electron chi connectivity index (χ0n) is 16.5. The van der Waals surface area contributed by atoms with Crippen molar-refractivity contribution in [3.8, 4) is 0 Å². The number of nitrogens with one attached hydrogen (secondary N) is 2. The molecule has 0 aliphatic heterocycles. The highest BCUT2D eigenvalue weighted by Gasteiger charge is 2.08. The number of amides is 1. The molecule has 0 aliphatic carbocycles. The standard InChI is InChI=1S/C23H23N5O/c1-16-14-17(2)26-23(25-16)27-20-8-5-7-19(15-20)22(29)24-11-13-28-12-10-18-6-3-4-9-21(18)28/h3-10,12,14-15H,11,13H2,1-2H3,(H,24,29)(H,25,26,27). The predicted molar refractivity (Wildman–Crippen MR) is 116 cm³/mol. The molecule has 0 saturated carbocycles. The van der Waals surface area contributed by atoms with E-state index in [2.05, 4.69) is 43.4 Å². The van der Waals surface area contributed by atoms with Crippen molar-refractivity contribution in [3.05, 3.63) is 83.8 Å². The lowest BCUT2D eigenvalue weighted by Crippen LogP contribution is -2.27. The van der Waals surface area contributed by atoms with Crippen LogP contribution in [-0.4, -0.2) is 27.0 Å². The van der Waals surface area contributed by atoms with Gasteiger partial charge in [-0.3, -0.25) is 4.79 Å². The van der Waals surface area contributed by atoms with Gasteiger partial charge in [0, 0.05) is 47.4 Å². The average Bonchev–Trinajstić information content (AvgIpc) is 3.10. The highest BCUT2D eigenvalue weighted by atomic mass is 16.1. The van der Waals surface area contributed by atoms with E-state index in [-0.39, 0.29) is 5.91 Å². The molecule has 1 amide bonds. The van der Waals surface area contributed by atoms with Crippen LogP contribution in [0.2, 0.25) is 0 Å². The highest BCUT2D eigenvalue weighted by Crippen LogP contribution is 2.16. The van der Waals surface area contributed by atoms with Gasteiger partial charge in [-0.1, -0.05) is 24.3 Å². The summed E-state index contributed by atoms with van der Waals surface area (Å²) >= 11 is 0. The maximum atomic E-state index is 12.6. The van der Waals surface area contributed by atoms with E-state index in [1.54, 1.807) is 12.1 Å². The maximum absolute atomic E-state index is 12.6. The molecule has 0 radical (unpaired) electrons. The molecular weight excluding hydrogens is 362 g/mol. The van der Waals surface area contributed by atoms with E-state index in [1.807, 2.05) is 50.4 Å². The van der Waals surface area contributed by atoms with Crippen molar-refractivity contribution in [1.29, 1.82) is 0 Å². The minimum Gasteiger partial charge on any atom is -0.350 e. The first-order valence-electron chi connectivity index (χ1n) is 9.60. The Morgan fingerprint density at radius 3 is 2.59 bits per heavy atom. The fourth-order valence-corrected chi connectivity index (χ4v) is 3.38. The first kappa shape index (κ1) is 18.7. The Hall–Kier alpha value is -3.67. The summed E-state index contributed by atoms with van der Waals surface area (Å²) in [5, 5.41) is 7.37. The van der Waals surface area contributed by atoms with Crippen molar-refractivity contribution < 1.29 is 4.79 Å². The van der Waals surface area contributed by atoms with E-state index >= 15 is 0 Å². The number of hydrogen-bond acceptors (Lipinski definition) is 4. The maximum Gasteiger partial charge on any atom is 0.251 e. The predicted octanol–water partition coefficient (Wildman–Crippen LogP) is 4.22. The molecule has 6 heteroatoms. The van der Waals surface area contributed by atoms with Crippen LogP contribution in [0.5, 0.6) is 0 Å². The molecule has 0 bridgehead atoms. The number of fused-ring (bicyclic) bond motifs is 1. The van der Waals surface area contributed by atoms with Gasteiger partial charge in [0.05, 0.1) is 0 Å². The number of anilines is 2. The quantitative estimate of drug-likeness (QED) is 0.521. The van der Waals surface area contributed by atoms with Gasteiger partial charge in [0.2, 0.25) is 5.95 Å². The topological polar surface area (TPSA) is 71.8 Å². The molecular formula is C23H23N5O. The summed E-state index contributed by atoms with van der Waals surface area (Å²) in [6, 6.07) is 19.6. The molecule has 0 aliphatic rings. The summed E-state index contributed by atoms with van der Waals surface area (Å²) in [7, 11) is 0. The van der Waals surface area contributed by atoms with Crippen molar-refractivity contribution in [2.45, 2.75) is 20.4 Å². The molecule has 29 heavy (non-hydrogen) atoms. The zero-order valence-corrected chi connectivity index (χ0v) is 16.5. The van der Waals surface area contributed by atoms with Crippen LogP contribution in [0.15, 0.2) is 66.9 Å². The third kappa shape index (κ3) is 4.43. The number of nitrogens with zero attached hydrogens (tertiary/aromatic N) is 3. The summed E-state index contributed by atoms with van der Waals surface area (Å²) in [6.45, 7) is 5.12. The smallest absolute Gasteiger partial charge is 0.251 e. The molecule has 146 valence electrons. The molecule has 4 rings (SSSR count). The second-order valence-corrected chi connectivity index (χ2v) is 7.00. The minimum atomic E-state index is -0.105. The Bertz CT molecular complexity index is 1140. The van der Waals surface area contributed by atoms with Crippen LogP contribution in [0.25, 0.3) is 10.9 Å². The Labute approximate surface area is 169 Å². The molecule has 0 fully saturated rings.